The van der Waals surface area contributed by atoms with Crippen molar-refractivity contribution in [3.63, 3.8) is 0 Å². The monoisotopic (exact) mass is 265 g/mol. The van der Waals surface area contributed by atoms with Gasteiger partial charge in [-0.3, -0.25) is 19.3 Å². The van der Waals surface area contributed by atoms with E-state index in [2.05, 4.69) is 0 Å². The number of nitrogens with zero attached hydrogens (tertiary/aromatic N) is 1. The highest BCUT2D eigenvalue weighted by molar-refractivity contribution is 6.24. The quantitative estimate of drug-likeness (QED) is 0.620. The van der Waals surface area contributed by atoms with E-state index in [-0.39, 0.29) is 17.3 Å². The van der Waals surface area contributed by atoms with Gasteiger partial charge in [-0.15, -0.1) is 0 Å². The summed E-state index contributed by atoms with van der Waals surface area (Å²) >= 11 is 0. The highest BCUT2D eigenvalue weighted by atomic mass is 16.3. The Kier molecular flexibility index (Phi) is 4.64. The van der Waals surface area contributed by atoms with Gasteiger partial charge >= 0.3 is 0 Å². The zero-order valence-electron chi connectivity index (χ0n) is 11.6. The summed E-state index contributed by atoms with van der Waals surface area (Å²) in [5.41, 5.74) is -0.275. The van der Waals surface area contributed by atoms with Crippen LogP contribution in [0.4, 0.5) is 0 Å². The van der Waals surface area contributed by atoms with Crippen molar-refractivity contribution in [3.8, 4) is 0 Å². The van der Waals surface area contributed by atoms with E-state index in [0.29, 0.717) is 6.42 Å². The number of carbonyl (C=O) groups is 3. The van der Waals surface area contributed by atoms with Crippen molar-refractivity contribution >= 4 is 17.6 Å². The molecule has 0 saturated heterocycles. The fraction of sp³-hybridized carbons (Fsp3) is 0.500. The number of ketones is 1. The molecule has 0 spiro atoms. The molecular weight excluding hydrogens is 246 g/mol. The first-order chi connectivity index (χ1) is 8.81. The predicted octanol–water partition coefficient (Wildman–Crippen LogP) is 1.75. The zero-order valence-corrected chi connectivity index (χ0v) is 11.6. The molecule has 1 heterocycles. The molecule has 0 aromatic carbocycles. The van der Waals surface area contributed by atoms with E-state index >= 15 is 0 Å². The SMILES string of the molecule is C/C=C/C(=O)N1C(=O)C(C(C)=O)=C(O)[C@@H]1CC(C)C. The Bertz CT molecular complexity index is 474. The highest BCUT2D eigenvalue weighted by Gasteiger charge is 2.44. The molecule has 0 aromatic rings. The number of hydrogen-bond donors (Lipinski definition) is 1. The number of aliphatic hydroxyl groups is 1. The number of Topliss-reactive ketones (excluding diaryl/α,β-unsaturated/α-hetero) is 1. The van der Waals surface area contributed by atoms with E-state index in [1.807, 2.05) is 13.8 Å². The number of rotatable bonds is 4. The van der Waals surface area contributed by atoms with Crippen LogP contribution in [0.15, 0.2) is 23.5 Å². The normalized spacial score (nSPS) is 19.9. The summed E-state index contributed by atoms with van der Waals surface area (Å²) in [6.07, 6.45) is 3.20. The summed E-state index contributed by atoms with van der Waals surface area (Å²) < 4.78 is 0. The molecule has 1 aliphatic rings. The first kappa shape index (κ1) is 15.1. The molecule has 104 valence electrons. The second-order valence-corrected chi connectivity index (χ2v) is 4.98. The van der Waals surface area contributed by atoms with Crippen molar-refractivity contribution < 1.29 is 19.5 Å². The van der Waals surface area contributed by atoms with Gasteiger partial charge in [0.25, 0.3) is 11.8 Å². The lowest BCUT2D eigenvalue weighted by atomic mass is 10.0. The largest absolute Gasteiger partial charge is 0.509 e. The van der Waals surface area contributed by atoms with Gasteiger partial charge in [0.15, 0.2) is 5.78 Å². The smallest absolute Gasteiger partial charge is 0.268 e. The highest BCUT2D eigenvalue weighted by Crippen LogP contribution is 2.29. The summed E-state index contributed by atoms with van der Waals surface area (Å²) in [5.74, 6) is -1.86. The average Bonchev–Trinajstić information content (AvgIpc) is 2.50. The van der Waals surface area contributed by atoms with Crippen LogP contribution in [0.5, 0.6) is 0 Å². The first-order valence-corrected chi connectivity index (χ1v) is 6.25. The third-order valence-corrected chi connectivity index (χ3v) is 2.91. The van der Waals surface area contributed by atoms with Gasteiger partial charge < -0.3 is 5.11 Å². The molecule has 5 nitrogen and oxygen atoms in total. The first-order valence-electron chi connectivity index (χ1n) is 6.25. The number of carbonyl (C=O) groups excluding carboxylic acids is 3. The van der Waals surface area contributed by atoms with Crippen molar-refractivity contribution in [3.05, 3.63) is 23.5 Å². The van der Waals surface area contributed by atoms with Crippen LogP contribution in [0.2, 0.25) is 0 Å². The predicted molar refractivity (Wildman–Crippen MR) is 70.2 cm³/mol. The molecule has 0 unspecified atom stereocenters. The van der Waals surface area contributed by atoms with Crippen molar-refractivity contribution in [2.24, 2.45) is 5.92 Å². The van der Waals surface area contributed by atoms with E-state index in [1.165, 1.54) is 19.1 Å². The minimum Gasteiger partial charge on any atom is -0.509 e. The lowest BCUT2D eigenvalue weighted by molar-refractivity contribution is -0.140. The van der Waals surface area contributed by atoms with Crippen molar-refractivity contribution in [2.75, 3.05) is 0 Å². The Morgan fingerprint density at radius 1 is 1.42 bits per heavy atom. The fourth-order valence-corrected chi connectivity index (χ4v) is 2.13. The van der Waals surface area contributed by atoms with Gasteiger partial charge in [-0.05, 0) is 32.3 Å². The third kappa shape index (κ3) is 2.92. The summed E-state index contributed by atoms with van der Waals surface area (Å²) in [5, 5.41) is 10.0. The van der Waals surface area contributed by atoms with Gasteiger partial charge in [0.05, 0.1) is 6.04 Å². The van der Waals surface area contributed by atoms with Crippen LogP contribution >= 0.6 is 0 Å². The number of hydrogen-bond acceptors (Lipinski definition) is 4. The van der Waals surface area contributed by atoms with Crippen LogP contribution in [-0.2, 0) is 14.4 Å². The van der Waals surface area contributed by atoms with E-state index in [4.69, 9.17) is 0 Å². The van der Waals surface area contributed by atoms with Gasteiger partial charge in [-0.1, -0.05) is 19.9 Å². The summed E-state index contributed by atoms with van der Waals surface area (Å²) in [6.45, 7) is 6.71. The minimum absolute atomic E-state index is 0.173. The minimum atomic E-state index is -0.741. The molecule has 1 aliphatic heterocycles. The molecule has 0 fully saturated rings. The number of aliphatic hydroxyl groups excluding tert-OH is 1. The van der Waals surface area contributed by atoms with E-state index in [1.54, 1.807) is 6.92 Å². The summed E-state index contributed by atoms with van der Waals surface area (Å²) in [6, 6.07) is -0.741. The molecule has 1 N–H and O–H groups in total. The van der Waals surface area contributed by atoms with Crippen molar-refractivity contribution in [1.29, 1.82) is 0 Å². The summed E-state index contributed by atoms with van der Waals surface area (Å²) in [4.78, 5) is 36.4. The maximum Gasteiger partial charge on any atom is 0.268 e. The maximum atomic E-state index is 12.1. The summed E-state index contributed by atoms with van der Waals surface area (Å²) in [7, 11) is 0. The molecule has 1 rings (SSSR count). The van der Waals surface area contributed by atoms with Crippen LogP contribution in [0.1, 0.15) is 34.1 Å². The Morgan fingerprint density at radius 2 is 2.00 bits per heavy atom. The maximum absolute atomic E-state index is 12.1. The molecule has 0 aromatic heterocycles. The van der Waals surface area contributed by atoms with Crippen molar-refractivity contribution in [2.45, 2.75) is 40.2 Å². The Hall–Kier alpha value is -1.91. The average molecular weight is 265 g/mol. The van der Waals surface area contributed by atoms with Crippen LogP contribution in [0, 0.1) is 5.92 Å². The molecule has 0 radical (unpaired) electrons. The zero-order chi connectivity index (χ0) is 14.7. The molecular formula is C14H19NO4. The Labute approximate surface area is 112 Å². The van der Waals surface area contributed by atoms with E-state index in [9.17, 15) is 19.5 Å². The molecule has 0 bridgehead atoms. The van der Waals surface area contributed by atoms with Gasteiger partial charge in [0.2, 0.25) is 0 Å². The fourth-order valence-electron chi connectivity index (χ4n) is 2.13. The lowest BCUT2D eigenvalue weighted by Crippen LogP contribution is -2.41. The number of allylic oxidation sites excluding steroid dienone is 1. The second kappa shape index (κ2) is 5.82. The standard InChI is InChI=1S/C14H19NO4/c1-5-6-11(17)15-10(7-8(2)3)13(18)12(9(4)16)14(15)19/h5-6,8,10,18H,7H2,1-4H3/b6-5+/t10-/m0/s1. The second-order valence-electron chi connectivity index (χ2n) is 4.98. The van der Waals surface area contributed by atoms with Gasteiger partial charge in [-0.2, -0.15) is 0 Å². The molecule has 5 heteroatoms. The lowest BCUT2D eigenvalue weighted by Gasteiger charge is -2.23. The van der Waals surface area contributed by atoms with Crippen LogP contribution < -0.4 is 0 Å². The third-order valence-electron chi connectivity index (χ3n) is 2.91. The van der Waals surface area contributed by atoms with Gasteiger partial charge in [-0.25, -0.2) is 0 Å². The number of imide groups is 1. The van der Waals surface area contributed by atoms with Gasteiger partial charge in [0.1, 0.15) is 11.3 Å². The molecule has 19 heavy (non-hydrogen) atoms. The van der Waals surface area contributed by atoms with Crippen LogP contribution in [0.3, 0.4) is 0 Å². The molecule has 2 amide bonds. The van der Waals surface area contributed by atoms with Crippen LogP contribution in [-0.4, -0.2) is 33.6 Å². The molecule has 0 aliphatic carbocycles. The van der Waals surface area contributed by atoms with Crippen molar-refractivity contribution in [1.82, 2.24) is 4.90 Å². The Balaban J connectivity index is 3.21. The van der Waals surface area contributed by atoms with Crippen LogP contribution in [0.25, 0.3) is 0 Å². The Morgan fingerprint density at radius 3 is 2.42 bits per heavy atom. The molecule has 1 atom stereocenters. The van der Waals surface area contributed by atoms with Gasteiger partial charge in [0, 0.05) is 0 Å². The van der Waals surface area contributed by atoms with E-state index in [0.717, 1.165) is 4.90 Å². The topological polar surface area (TPSA) is 74.7 Å². The van der Waals surface area contributed by atoms with E-state index < -0.39 is 23.6 Å². The number of amides is 2. The molecule has 0 saturated carbocycles.